The summed E-state index contributed by atoms with van der Waals surface area (Å²) in [5.74, 6) is -1.21. The third kappa shape index (κ3) is 10.3. The zero-order valence-electron chi connectivity index (χ0n) is 25.4. The van der Waals surface area contributed by atoms with Crippen LogP contribution < -0.4 is 20.7 Å². The van der Waals surface area contributed by atoms with Gasteiger partial charge < -0.3 is 21.1 Å². The number of anilines is 1. The summed E-state index contributed by atoms with van der Waals surface area (Å²) in [4.78, 5) is 27.0. The van der Waals surface area contributed by atoms with Crippen molar-refractivity contribution in [3.05, 3.63) is 137 Å². The Kier molecular flexibility index (Phi) is 11.9. The van der Waals surface area contributed by atoms with E-state index in [1.165, 1.54) is 25.1 Å². The molecule has 3 atom stereocenters. The van der Waals surface area contributed by atoms with Crippen molar-refractivity contribution in [3.8, 4) is 0 Å². The Hall–Kier alpha value is -4.51. The first kappa shape index (κ1) is 33.4. The summed E-state index contributed by atoms with van der Waals surface area (Å²) < 4.78 is 27.3. The molecule has 0 heterocycles. The van der Waals surface area contributed by atoms with E-state index in [-0.39, 0.29) is 35.2 Å². The van der Waals surface area contributed by atoms with E-state index in [9.17, 15) is 23.1 Å². The molecule has 4 rings (SSSR count). The predicted octanol–water partition coefficient (Wildman–Crippen LogP) is 4.43. The molecule has 0 fully saturated rings. The fraction of sp³-hybridized carbons (Fsp3) is 0.257. The van der Waals surface area contributed by atoms with Gasteiger partial charge in [-0.15, -0.1) is 0 Å². The Morgan fingerprint density at radius 3 is 1.87 bits per heavy atom. The lowest BCUT2D eigenvalue weighted by molar-refractivity contribution is 0.0830. The molecule has 0 saturated heterocycles. The Labute approximate surface area is 265 Å². The van der Waals surface area contributed by atoms with Crippen LogP contribution >= 0.6 is 0 Å². The molecule has 0 aliphatic heterocycles. The van der Waals surface area contributed by atoms with Gasteiger partial charge in [-0.25, -0.2) is 8.42 Å². The summed E-state index contributed by atoms with van der Waals surface area (Å²) in [5, 5.41) is 20.3. The van der Waals surface area contributed by atoms with Gasteiger partial charge in [-0.2, -0.15) is 0 Å². The maximum Gasteiger partial charge on any atom is 0.251 e. The van der Waals surface area contributed by atoms with Crippen LogP contribution in [-0.2, 0) is 23.0 Å². The van der Waals surface area contributed by atoms with Crippen molar-refractivity contribution < 1.29 is 23.1 Å². The third-order valence-electron chi connectivity index (χ3n) is 7.36. The fourth-order valence-corrected chi connectivity index (χ4v) is 5.43. The molecular weight excluding hydrogens is 588 g/mol. The molecule has 4 aromatic carbocycles. The van der Waals surface area contributed by atoms with E-state index in [0.29, 0.717) is 13.0 Å². The van der Waals surface area contributed by atoms with Crippen molar-refractivity contribution in [2.45, 2.75) is 45.0 Å². The summed E-state index contributed by atoms with van der Waals surface area (Å²) in [5.41, 5.74) is 3.16. The number of benzene rings is 4. The van der Waals surface area contributed by atoms with Crippen LogP contribution in [0.3, 0.4) is 0 Å². The molecule has 4 aromatic rings. The lowest BCUT2D eigenvalue weighted by atomic mass is 10.00. The predicted molar refractivity (Wildman–Crippen MR) is 177 cm³/mol. The zero-order valence-corrected chi connectivity index (χ0v) is 26.3. The molecular formula is C35H40N4O5S. The van der Waals surface area contributed by atoms with Gasteiger partial charge in [0.15, 0.2) is 0 Å². The lowest BCUT2D eigenvalue weighted by Gasteiger charge is -2.25. The average molecular weight is 629 g/mol. The van der Waals surface area contributed by atoms with E-state index < -0.39 is 34.0 Å². The minimum absolute atomic E-state index is 0.0753. The average Bonchev–Trinajstić information content (AvgIpc) is 3.05. The second kappa shape index (κ2) is 16.0. The molecule has 0 spiro atoms. The van der Waals surface area contributed by atoms with Crippen LogP contribution in [0.25, 0.3) is 0 Å². The monoisotopic (exact) mass is 628 g/mol. The second-order valence-electron chi connectivity index (χ2n) is 10.9. The molecule has 45 heavy (non-hydrogen) atoms. The van der Waals surface area contributed by atoms with Crippen molar-refractivity contribution in [1.29, 1.82) is 0 Å². The van der Waals surface area contributed by atoms with Crippen LogP contribution in [0, 0.1) is 0 Å². The van der Waals surface area contributed by atoms with Gasteiger partial charge in [0.2, 0.25) is 10.0 Å². The van der Waals surface area contributed by atoms with Crippen LogP contribution in [0.5, 0.6) is 0 Å². The van der Waals surface area contributed by atoms with Gasteiger partial charge in [-0.1, -0.05) is 91.0 Å². The Morgan fingerprint density at radius 1 is 0.756 bits per heavy atom. The number of nitrogens with one attached hydrogen (secondary N) is 4. The van der Waals surface area contributed by atoms with Gasteiger partial charge in [0.05, 0.1) is 29.6 Å². The number of sulfonamides is 1. The largest absolute Gasteiger partial charge is 0.390 e. The molecule has 2 amide bonds. The highest BCUT2D eigenvalue weighted by molar-refractivity contribution is 7.92. The highest BCUT2D eigenvalue weighted by Gasteiger charge is 2.24. The maximum atomic E-state index is 13.7. The van der Waals surface area contributed by atoms with E-state index in [4.69, 9.17) is 0 Å². The number of hydrogen-bond acceptors (Lipinski definition) is 6. The maximum absolute atomic E-state index is 13.7. The molecule has 236 valence electrons. The minimum Gasteiger partial charge on any atom is -0.390 e. The molecule has 0 unspecified atom stereocenters. The van der Waals surface area contributed by atoms with Crippen LogP contribution in [0.15, 0.2) is 109 Å². The molecule has 0 bridgehead atoms. The smallest absolute Gasteiger partial charge is 0.251 e. The van der Waals surface area contributed by atoms with Gasteiger partial charge in [0.1, 0.15) is 0 Å². The molecule has 0 saturated carbocycles. The third-order valence-corrected chi connectivity index (χ3v) is 8.67. The number of carbonyl (C=O) groups excluding carboxylic acids is 2. The van der Waals surface area contributed by atoms with Crippen LogP contribution in [-0.4, -0.2) is 49.8 Å². The quantitative estimate of drug-likeness (QED) is 0.132. The summed E-state index contributed by atoms with van der Waals surface area (Å²) in [6, 6.07) is 31.9. The number of aliphatic hydroxyl groups excluding tert-OH is 1. The first-order valence-electron chi connectivity index (χ1n) is 14.9. The minimum atomic E-state index is -3.70. The molecule has 10 heteroatoms. The number of amides is 2. The van der Waals surface area contributed by atoms with Gasteiger partial charge >= 0.3 is 0 Å². The van der Waals surface area contributed by atoms with Crippen LogP contribution in [0.2, 0.25) is 0 Å². The molecule has 5 N–H and O–H groups in total. The van der Waals surface area contributed by atoms with E-state index in [2.05, 4.69) is 20.7 Å². The van der Waals surface area contributed by atoms with Gasteiger partial charge in [0, 0.05) is 24.2 Å². The van der Waals surface area contributed by atoms with Crippen molar-refractivity contribution >= 4 is 27.5 Å². The first-order chi connectivity index (χ1) is 21.6. The van der Waals surface area contributed by atoms with E-state index in [1.807, 2.05) is 97.9 Å². The Morgan fingerprint density at radius 2 is 1.29 bits per heavy atom. The molecule has 9 nitrogen and oxygen atoms in total. The van der Waals surface area contributed by atoms with Crippen molar-refractivity contribution in [2.24, 2.45) is 0 Å². The molecule has 0 aliphatic carbocycles. The first-order valence-corrected chi connectivity index (χ1v) is 16.6. The van der Waals surface area contributed by atoms with Crippen LogP contribution in [0.4, 0.5) is 5.69 Å². The fourth-order valence-electron chi connectivity index (χ4n) is 4.81. The van der Waals surface area contributed by atoms with Gasteiger partial charge in [-0.3, -0.25) is 14.3 Å². The Balaban J connectivity index is 1.57. The van der Waals surface area contributed by atoms with Gasteiger partial charge in [0.25, 0.3) is 11.8 Å². The van der Waals surface area contributed by atoms with E-state index in [0.717, 1.165) is 16.7 Å². The van der Waals surface area contributed by atoms with Crippen molar-refractivity contribution in [2.75, 3.05) is 17.0 Å². The van der Waals surface area contributed by atoms with E-state index in [1.54, 1.807) is 0 Å². The van der Waals surface area contributed by atoms with Crippen LogP contribution in [0.1, 0.15) is 57.3 Å². The number of hydrogen-bond donors (Lipinski definition) is 5. The highest BCUT2D eigenvalue weighted by Crippen LogP contribution is 2.20. The van der Waals surface area contributed by atoms with Crippen molar-refractivity contribution in [1.82, 2.24) is 16.0 Å². The Bertz CT molecular complexity index is 1650. The SMILES string of the molecule is CCS(=O)(=O)Nc1cc(C(=O)N[C@@H](Cc2ccccc2)[C@H](O)CNCc2ccccc2)cc(C(=O)N[C@H](C)c2ccccc2)c1. The summed E-state index contributed by atoms with van der Waals surface area (Å²) in [7, 11) is -3.70. The molecule has 0 aromatic heterocycles. The highest BCUT2D eigenvalue weighted by atomic mass is 32.2. The number of rotatable bonds is 15. The van der Waals surface area contributed by atoms with Gasteiger partial charge in [-0.05, 0) is 55.2 Å². The van der Waals surface area contributed by atoms with E-state index >= 15 is 0 Å². The lowest BCUT2D eigenvalue weighted by Crippen LogP contribution is -2.48. The number of aliphatic hydroxyl groups is 1. The van der Waals surface area contributed by atoms with Crippen molar-refractivity contribution in [3.63, 3.8) is 0 Å². The normalized spacial score (nSPS) is 13.3. The molecule has 0 radical (unpaired) electrons. The zero-order chi connectivity index (χ0) is 32.2. The summed E-state index contributed by atoms with van der Waals surface area (Å²) in [6.07, 6.45) is -0.598. The standard InChI is InChI=1S/C35H40N4O5S/c1-3-45(43,44)39-31-21-29(34(41)37-25(2)28-17-11-6-12-18-28)20-30(22-31)35(42)38-32(19-26-13-7-4-8-14-26)33(40)24-36-23-27-15-9-5-10-16-27/h4-18,20-22,25,32-33,36,39-40H,3,19,23-24H2,1-2H3,(H,37,41)(H,38,42)/t25-,32+,33-/m1/s1. The molecule has 0 aliphatic rings. The topological polar surface area (TPSA) is 137 Å². The number of carbonyl (C=O) groups is 2. The summed E-state index contributed by atoms with van der Waals surface area (Å²) >= 11 is 0. The summed E-state index contributed by atoms with van der Waals surface area (Å²) in [6.45, 7) is 4.10. The second-order valence-corrected chi connectivity index (χ2v) is 12.9.